The minimum atomic E-state index is -0.554. The molecule has 2 aromatic heterocycles. The molecule has 0 saturated carbocycles. The van der Waals surface area contributed by atoms with Gasteiger partial charge in [0.2, 0.25) is 11.6 Å². The Morgan fingerprint density at radius 3 is 3.14 bits per heavy atom. The van der Waals surface area contributed by atoms with Gasteiger partial charge in [0.25, 0.3) is 5.91 Å². The molecule has 1 N–H and O–H groups in total. The predicted molar refractivity (Wildman–Crippen MR) is 100 cm³/mol. The monoisotopic (exact) mass is 398 g/mol. The third-order valence-corrected chi connectivity index (χ3v) is 5.31. The maximum atomic E-state index is 14.4. The van der Waals surface area contributed by atoms with Crippen molar-refractivity contribution in [3.05, 3.63) is 41.6 Å². The molecule has 1 aromatic carbocycles. The standard InChI is InChI=1S/C19H19FN6O3/c1-25-6-4-15(18(25)27)29-16-9-22-19(26-10-23-24-17(16)26)21-8-12-11-5-7-28-14(11)3-2-13(12)20/h2-3,9-10,15H,4-8H2,1H3,(H,21,22). The SMILES string of the molecule is CN1CCC(Oc2cnc(NCc3c(F)ccc4c3CCO4)n3cnnc23)C1=O. The first-order valence-corrected chi connectivity index (χ1v) is 9.39. The Morgan fingerprint density at radius 1 is 1.41 bits per heavy atom. The topological polar surface area (TPSA) is 93.9 Å². The van der Waals surface area contributed by atoms with E-state index in [2.05, 4.69) is 20.5 Å². The van der Waals surface area contributed by atoms with Crippen LogP contribution in [0, 0.1) is 5.82 Å². The predicted octanol–water partition coefficient (Wildman–Crippen LogP) is 1.42. The number of likely N-dealkylation sites (N-methyl/N-ethyl adjacent to an activating group) is 1. The van der Waals surface area contributed by atoms with Gasteiger partial charge < -0.3 is 19.7 Å². The Morgan fingerprint density at radius 2 is 2.31 bits per heavy atom. The van der Waals surface area contributed by atoms with Gasteiger partial charge in [-0.15, -0.1) is 10.2 Å². The quantitative estimate of drug-likeness (QED) is 0.695. The van der Waals surface area contributed by atoms with E-state index >= 15 is 0 Å². The fourth-order valence-electron chi connectivity index (χ4n) is 3.74. The lowest BCUT2D eigenvalue weighted by Gasteiger charge is -2.15. The summed E-state index contributed by atoms with van der Waals surface area (Å²) in [5.74, 6) is 1.19. The first-order valence-electron chi connectivity index (χ1n) is 9.39. The van der Waals surface area contributed by atoms with Crippen LogP contribution in [0.5, 0.6) is 11.5 Å². The molecule has 9 nitrogen and oxygen atoms in total. The van der Waals surface area contributed by atoms with Crippen molar-refractivity contribution in [1.29, 1.82) is 0 Å². The molecule has 0 radical (unpaired) electrons. The molecule has 5 rings (SSSR count). The van der Waals surface area contributed by atoms with Crippen LogP contribution in [0.2, 0.25) is 0 Å². The molecule has 0 spiro atoms. The van der Waals surface area contributed by atoms with Gasteiger partial charge in [-0.3, -0.25) is 4.79 Å². The zero-order valence-corrected chi connectivity index (χ0v) is 15.8. The lowest BCUT2D eigenvalue weighted by Crippen LogP contribution is -2.29. The van der Waals surface area contributed by atoms with E-state index in [0.29, 0.717) is 48.9 Å². The number of aromatic nitrogens is 4. The van der Waals surface area contributed by atoms with Crippen LogP contribution in [0.4, 0.5) is 10.3 Å². The van der Waals surface area contributed by atoms with Crippen molar-refractivity contribution < 1.29 is 18.7 Å². The average molecular weight is 398 g/mol. The number of likely N-dealkylation sites (tertiary alicyclic amines) is 1. The number of nitrogens with zero attached hydrogens (tertiary/aromatic N) is 5. The number of rotatable bonds is 5. The van der Waals surface area contributed by atoms with Crippen LogP contribution in [0.25, 0.3) is 5.65 Å². The molecule has 1 amide bonds. The molecule has 1 fully saturated rings. The zero-order chi connectivity index (χ0) is 20.0. The molecule has 0 bridgehead atoms. The minimum Gasteiger partial charge on any atom is -0.493 e. The Balaban J connectivity index is 1.39. The van der Waals surface area contributed by atoms with E-state index in [-0.39, 0.29) is 18.3 Å². The van der Waals surface area contributed by atoms with E-state index in [1.807, 2.05) is 0 Å². The molecule has 3 aromatic rings. The summed E-state index contributed by atoms with van der Waals surface area (Å²) >= 11 is 0. The summed E-state index contributed by atoms with van der Waals surface area (Å²) in [5.41, 5.74) is 1.87. The fourth-order valence-corrected chi connectivity index (χ4v) is 3.74. The third kappa shape index (κ3) is 3.00. The molecule has 10 heteroatoms. The summed E-state index contributed by atoms with van der Waals surface area (Å²) in [6, 6.07) is 3.07. The number of nitrogens with one attached hydrogen (secondary N) is 1. The minimum absolute atomic E-state index is 0.0690. The Bertz CT molecular complexity index is 1100. The number of carbonyl (C=O) groups is 1. The summed E-state index contributed by atoms with van der Waals surface area (Å²) in [5, 5.41) is 11.2. The molecule has 1 unspecified atom stereocenters. The summed E-state index contributed by atoms with van der Waals surface area (Å²) in [7, 11) is 1.74. The second kappa shape index (κ2) is 6.87. The van der Waals surface area contributed by atoms with Gasteiger partial charge in [0, 0.05) is 44.1 Å². The van der Waals surface area contributed by atoms with Crippen LogP contribution in [-0.4, -0.2) is 56.7 Å². The van der Waals surface area contributed by atoms with E-state index in [0.717, 1.165) is 11.3 Å². The summed E-state index contributed by atoms with van der Waals surface area (Å²) in [6.07, 6.45) is 3.73. The molecular weight excluding hydrogens is 379 g/mol. The van der Waals surface area contributed by atoms with Gasteiger partial charge in [-0.25, -0.2) is 13.8 Å². The van der Waals surface area contributed by atoms with Crippen molar-refractivity contribution in [3.63, 3.8) is 0 Å². The molecule has 2 aliphatic rings. The molecule has 150 valence electrons. The van der Waals surface area contributed by atoms with Gasteiger partial charge >= 0.3 is 0 Å². The lowest BCUT2D eigenvalue weighted by molar-refractivity contribution is -0.132. The van der Waals surface area contributed by atoms with Gasteiger partial charge in [-0.05, 0) is 12.1 Å². The third-order valence-electron chi connectivity index (χ3n) is 5.31. The number of amides is 1. The van der Waals surface area contributed by atoms with Crippen molar-refractivity contribution in [2.45, 2.75) is 25.5 Å². The Hall–Kier alpha value is -3.43. The van der Waals surface area contributed by atoms with E-state index < -0.39 is 6.10 Å². The van der Waals surface area contributed by atoms with Crippen LogP contribution in [-0.2, 0) is 17.8 Å². The number of halogens is 1. The summed E-state index contributed by atoms with van der Waals surface area (Å²) in [4.78, 5) is 18.1. The first-order chi connectivity index (χ1) is 14.1. The van der Waals surface area contributed by atoms with Crippen molar-refractivity contribution in [2.75, 3.05) is 25.5 Å². The normalized spacial score (nSPS) is 18.2. The van der Waals surface area contributed by atoms with Gasteiger partial charge in [0.05, 0.1) is 12.8 Å². The highest BCUT2D eigenvalue weighted by molar-refractivity contribution is 5.83. The van der Waals surface area contributed by atoms with Crippen LogP contribution in [0.1, 0.15) is 17.5 Å². The number of anilines is 1. The number of fused-ring (bicyclic) bond motifs is 2. The highest BCUT2D eigenvalue weighted by Gasteiger charge is 2.31. The number of carbonyl (C=O) groups excluding carboxylic acids is 1. The van der Waals surface area contributed by atoms with Gasteiger partial charge in [-0.2, -0.15) is 0 Å². The van der Waals surface area contributed by atoms with Crippen molar-refractivity contribution in [1.82, 2.24) is 24.5 Å². The van der Waals surface area contributed by atoms with Gasteiger partial charge in [0.1, 0.15) is 17.9 Å². The second-order valence-corrected chi connectivity index (χ2v) is 7.08. The van der Waals surface area contributed by atoms with E-state index in [4.69, 9.17) is 9.47 Å². The van der Waals surface area contributed by atoms with E-state index in [1.165, 1.54) is 18.6 Å². The molecule has 29 heavy (non-hydrogen) atoms. The summed E-state index contributed by atoms with van der Waals surface area (Å²) in [6.45, 7) is 1.45. The first kappa shape index (κ1) is 17.7. The smallest absolute Gasteiger partial charge is 0.263 e. The largest absolute Gasteiger partial charge is 0.493 e. The number of hydrogen-bond donors (Lipinski definition) is 1. The van der Waals surface area contributed by atoms with E-state index in [9.17, 15) is 9.18 Å². The molecule has 2 aliphatic heterocycles. The Kier molecular flexibility index (Phi) is 4.18. The summed E-state index contributed by atoms with van der Waals surface area (Å²) < 4.78 is 27.3. The number of benzene rings is 1. The van der Waals surface area contributed by atoms with E-state index in [1.54, 1.807) is 22.4 Å². The molecule has 4 heterocycles. The maximum absolute atomic E-state index is 14.4. The van der Waals surface area contributed by atoms with Crippen LogP contribution < -0.4 is 14.8 Å². The van der Waals surface area contributed by atoms with Gasteiger partial charge in [0.15, 0.2) is 11.9 Å². The number of hydrogen-bond acceptors (Lipinski definition) is 7. The second-order valence-electron chi connectivity index (χ2n) is 7.08. The fraction of sp³-hybridized carbons (Fsp3) is 0.368. The van der Waals surface area contributed by atoms with Crippen molar-refractivity contribution >= 4 is 17.5 Å². The van der Waals surface area contributed by atoms with Crippen LogP contribution in [0.3, 0.4) is 0 Å². The molecule has 0 aliphatic carbocycles. The number of ether oxygens (including phenoxy) is 2. The Labute approximate surface area is 165 Å². The maximum Gasteiger partial charge on any atom is 0.263 e. The van der Waals surface area contributed by atoms with Gasteiger partial charge in [-0.1, -0.05) is 0 Å². The average Bonchev–Trinajstić information content (AvgIpc) is 3.45. The zero-order valence-electron chi connectivity index (χ0n) is 15.8. The van der Waals surface area contributed by atoms with Crippen LogP contribution >= 0.6 is 0 Å². The lowest BCUT2D eigenvalue weighted by atomic mass is 10.0. The van der Waals surface area contributed by atoms with Crippen molar-refractivity contribution in [2.24, 2.45) is 0 Å². The molecule has 1 atom stereocenters. The molecule has 1 saturated heterocycles. The molecular formula is C19H19FN6O3. The highest BCUT2D eigenvalue weighted by Crippen LogP contribution is 2.31. The van der Waals surface area contributed by atoms with Crippen molar-refractivity contribution in [3.8, 4) is 11.5 Å². The highest BCUT2D eigenvalue weighted by atomic mass is 19.1. The van der Waals surface area contributed by atoms with Crippen LogP contribution in [0.15, 0.2) is 24.7 Å².